The van der Waals surface area contributed by atoms with Crippen molar-refractivity contribution in [3.8, 4) is 28.7 Å². The monoisotopic (exact) mass is 1170 g/mol. The number of allylic oxidation sites excluding steroid dienone is 2. The van der Waals surface area contributed by atoms with E-state index >= 15 is 4.39 Å². The number of hydrogen-bond donors (Lipinski definition) is 8. The number of amides is 1. The molecule has 10 rings (SSSR count). The van der Waals surface area contributed by atoms with Gasteiger partial charge >= 0.3 is 17.7 Å². The predicted molar refractivity (Wildman–Crippen MR) is 310 cm³/mol. The maximum absolute atomic E-state index is 16.2. The van der Waals surface area contributed by atoms with Crippen molar-refractivity contribution in [2.24, 2.45) is 28.8 Å². The van der Waals surface area contributed by atoms with Crippen LogP contribution in [0.5, 0.6) is 28.7 Å². The van der Waals surface area contributed by atoms with Gasteiger partial charge in [0.15, 0.2) is 17.3 Å². The summed E-state index contributed by atoms with van der Waals surface area (Å²) >= 11 is 0. The lowest BCUT2D eigenvalue weighted by Gasteiger charge is -2.38. The fraction of sp³-hybridized carbons (Fsp3) is 0.508. The molecule has 5 aliphatic heterocycles. The van der Waals surface area contributed by atoms with Crippen molar-refractivity contribution in [2.45, 2.75) is 136 Å². The lowest BCUT2D eigenvalue weighted by molar-refractivity contribution is -0.160. The fourth-order valence-electron chi connectivity index (χ4n) is 12.3. The number of piperidine rings is 1. The molecule has 1 aromatic heterocycles. The molecule has 452 valence electrons. The number of aromatic nitrogens is 1. The van der Waals surface area contributed by atoms with Crippen molar-refractivity contribution >= 4 is 62.9 Å². The highest BCUT2D eigenvalue weighted by molar-refractivity contribution is 6.24. The molecule has 3 fully saturated rings. The van der Waals surface area contributed by atoms with Crippen molar-refractivity contribution in [1.82, 2.24) is 14.9 Å². The number of phenolic OH excluding ortho intramolecular Hbond substituents is 3. The van der Waals surface area contributed by atoms with Gasteiger partial charge in [-0.25, -0.2) is 9.18 Å². The normalized spacial score (nSPS) is 28.8. The van der Waals surface area contributed by atoms with E-state index in [9.17, 15) is 54.6 Å². The number of carbonyl (C=O) groups excluding carboxylic acids is 3. The molecule has 22 nitrogen and oxygen atoms in total. The summed E-state index contributed by atoms with van der Waals surface area (Å²) in [5.41, 5.74) is -1.32. The highest BCUT2D eigenvalue weighted by Crippen LogP contribution is 2.55. The molecular weight excluding hydrogens is 1090 g/mol. The number of carboxylic acids is 1. The SMILES string of the molecule is COc1c(N2CCC(NC3CCN(/N=C\c4c5c(O)c6c(O)c(C)c7c(c6c4O)C(=O)[C@@](C)(O/C=C/[C@H](OC)[C@@H](C)[C@@H](OC(C)=O)[C@H](C)[C@H](O)[C@H](C)[C@@H](O)[C@@H](C)/C=C/C=C(/C)C(=O)N5)O7)CC3)C2)c(F)cc2c(=O)c(C(=O)O)cn(C3CC3)c12. The molecule has 0 radical (unpaired) electrons. The van der Waals surface area contributed by atoms with E-state index in [0.29, 0.717) is 51.0 Å². The molecule has 10 atom stereocenters. The third-order valence-corrected chi connectivity index (χ3v) is 17.4. The number of hydrogen-bond acceptors (Lipinski definition) is 19. The van der Waals surface area contributed by atoms with Gasteiger partial charge in [0, 0.05) is 112 Å². The quantitative estimate of drug-likeness (QED) is 0.0346. The minimum absolute atomic E-state index is 0.00497. The van der Waals surface area contributed by atoms with Gasteiger partial charge in [0.1, 0.15) is 34.6 Å². The smallest absolute Gasteiger partial charge is 0.341 e. The van der Waals surface area contributed by atoms with Crippen LogP contribution >= 0.6 is 0 Å². The molecule has 3 aromatic carbocycles. The highest BCUT2D eigenvalue weighted by Gasteiger charge is 2.50. The first-order chi connectivity index (χ1) is 39.8. The first kappa shape index (κ1) is 60.8. The fourth-order valence-corrected chi connectivity index (χ4v) is 12.3. The molecule has 84 heavy (non-hydrogen) atoms. The molecule has 4 aromatic rings. The number of Topliss-reactive ketones (excluding diaryl/α,β-unsaturated/α-hetero) is 1. The van der Waals surface area contributed by atoms with Crippen LogP contribution in [-0.4, -0.2) is 153 Å². The Kier molecular flexibility index (Phi) is 17.5. The summed E-state index contributed by atoms with van der Waals surface area (Å²) < 4.78 is 47.6. The van der Waals surface area contributed by atoms with Gasteiger partial charge < -0.3 is 74.4 Å². The number of carboxylic acid groups (broad SMARTS) is 1. The van der Waals surface area contributed by atoms with Gasteiger partial charge in [-0.15, -0.1) is 0 Å². The van der Waals surface area contributed by atoms with Gasteiger partial charge in [0.05, 0.1) is 71.0 Å². The Bertz CT molecular complexity index is 3480. The number of pyridine rings is 1. The zero-order valence-corrected chi connectivity index (χ0v) is 48.8. The number of nitrogens with one attached hydrogen (secondary N) is 2. The minimum Gasteiger partial charge on any atom is -0.507 e. The van der Waals surface area contributed by atoms with Gasteiger partial charge in [-0.3, -0.25) is 24.2 Å². The van der Waals surface area contributed by atoms with E-state index in [1.807, 2.05) is 4.90 Å². The molecule has 8 N–H and O–H groups in total. The average Bonchev–Trinajstić information content (AvgIpc) is 1.49. The molecule has 6 aliphatic rings. The van der Waals surface area contributed by atoms with Crippen LogP contribution in [0.2, 0.25) is 0 Å². The number of nitrogens with zero attached hydrogens (tertiary/aromatic N) is 4. The molecule has 5 bridgehead atoms. The number of aromatic carboxylic acids is 1. The highest BCUT2D eigenvalue weighted by atomic mass is 19.1. The van der Waals surface area contributed by atoms with Gasteiger partial charge in [0.25, 0.3) is 11.7 Å². The molecule has 1 amide bonds. The predicted octanol–water partition coefficient (Wildman–Crippen LogP) is 6.92. The number of anilines is 2. The number of halogens is 1. The number of rotatable bonds is 10. The second-order valence-electron chi connectivity index (χ2n) is 23.1. The molecule has 1 aliphatic carbocycles. The van der Waals surface area contributed by atoms with Crippen LogP contribution in [0.1, 0.15) is 118 Å². The summed E-state index contributed by atoms with van der Waals surface area (Å²) in [4.78, 5) is 68.5. The Morgan fingerprint density at radius 3 is 2.24 bits per heavy atom. The molecule has 0 spiro atoms. The number of carbonyl (C=O) groups is 4. The van der Waals surface area contributed by atoms with E-state index in [2.05, 4.69) is 10.6 Å². The molecule has 1 saturated carbocycles. The Balaban J connectivity index is 1.00. The van der Waals surface area contributed by atoms with Crippen LogP contribution in [-0.2, 0) is 23.8 Å². The first-order valence-electron chi connectivity index (χ1n) is 28.4. The maximum Gasteiger partial charge on any atom is 0.341 e. The number of phenols is 3. The number of aliphatic hydroxyl groups is 2. The lowest BCUT2D eigenvalue weighted by Crippen LogP contribution is -2.46. The molecule has 1 unspecified atom stereocenters. The number of methoxy groups -OCH3 is 2. The number of aromatic hydroxyl groups is 3. The van der Waals surface area contributed by atoms with E-state index in [0.717, 1.165) is 18.9 Å². The van der Waals surface area contributed by atoms with Crippen LogP contribution in [0.4, 0.5) is 15.8 Å². The van der Waals surface area contributed by atoms with Crippen LogP contribution in [0.25, 0.3) is 21.7 Å². The summed E-state index contributed by atoms with van der Waals surface area (Å²) in [7, 11) is 2.83. The third kappa shape index (κ3) is 11.4. The van der Waals surface area contributed by atoms with Gasteiger partial charge in [-0.1, -0.05) is 45.9 Å². The lowest BCUT2D eigenvalue weighted by atomic mass is 9.78. The van der Waals surface area contributed by atoms with E-state index < -0.39 is 112 Å². The second-order valence-corrected chi connectivity index (χ2v) is 23.1. The molecule has 23 heteroatoms. The van der Waals surface area contributed by atoms with Gasteiger partial charge in [-0.2, -0.15) is 5.10 Å². The van der Waals surface area contributed by atoms with Crippen LogP contribution in [0, 0.1) is 36.4 Å². The van der Waals surface area contributed by atoms with Crippen LogP contribution in [0.15, 0.2) is 58.3 Å². The summed E-state index contributed by atoms with van der Waals surface area (Å²) in [5, 5.41) is 81.6. The van der Waals surface area contributed by atoms with Gasteiger partial charge in [-0.05, 0) is 58.1 Å². The molecule has 6 heterocycles. The van der Waals surface area contributed by atoms with Crippen LogP contribution in [0.3, 0.4) is 0 Å². The van der Waals surface area contributed by atoms with Crippen molar-refractivity contribution in [2.75, 3.05) is 50.6 Å². The number of ether oxygens (including phenoxy) is 5. The summed E-state index contributed by atoms with van der Waals surface area (Å²) in [6.45, 7) is 14.1. The van der Waals surface area contributed by atoms with Crippen LogP contribution < -0.4 is 30.4 Å². The minimum atomic E-state index is -2.12. The number of benzene rings is 3. The summed E-state index contributed by atoms with van der Waals surface area (Å²) in [6.07, 6.45) is 9.26. The molecule has 2 saturated heterocycles. The summed E-state index contributed by atoms with van der Waals surface area (Å²) in [6, 6.07) is 1.00. The van der Waals surface area contributed by atoms with E-state index in [4.69, 9.17) is 28.8 Å². The van der Waals surface area contributed by atoms with Gasteiger partial charge in [0.2, 0.25) is 5.43 Å². The number of hydrazone groups is 1. The maximum atomic E-state index is 16.2. The number of aliphatic hydroxyl groups excluding tert-OH is 2. The van der Waals surface area contributed by atoms with E-state index in [-0.39, 0.29) is 79.4 Å². The topological polar surface area (TPSA) is 301 Å². The number of fused-ring (bicyclic) bond motifs is 15. The Morgan fingerprint density at radius 1 is 0.905 bits per heavy atom. The Labute approximate surface area is 484 Å². The zero-order valence-electron chi connectivity index (χ0n) is 48.8. The van der Waals surface area contributed by atoms with Crippen molar-refractivity contribution in [3.63, 3.8) is 0 Å². The third-order valence-electron chi connectivity index (χ3n) is 17.4. The zero-order chi connectivity index (χ0) is 61.0. The second kappa shape index (κ2) is 24.1. The van der Waals surface area contributed by atoms with Crippen molar-refractivity contribution < 1.29 is 77.9 Å². The van der Waals surface area contributed by atoms with Crippen molar-refractivity contribution in [3.05, 3.63) is 86.7 Å². The number of esters is 1. The number of ketones is 1. The molecular formula is C61H75FN6O16. The van der Waals surface area contributed by atoms with Crippen molar-refractivity contribution in [1.29, 1.82) is 0 Å². The average molecular weight is 1170 g/mol. The Hall–Kier alpha value is -7.73. The van der Waals surface area contributed by atoms with E-state index in [1.54, 1.807) is 49.4 Å². The first-order valence-corrected chi connectivity index (χ1v) is 28.4. The van der Waals surface area contributed by atoms with E-state index in [1.165, 1.54) is 72.7 Å². The standard InChI is InChI=1S/C61H75FN6O16/c1-28-12-11-13-29(2)59(77)65-46-39(25-63-67-21-17-35(18-22-67)64-36-16-20-66(26-36)48-41(62)24-38-47(57(48)81-10)68(37-14-15-37)27-40(52(38)73)60(78)79)53(74)43-44(54(46)75)51(72)33(6)56-45(43)58(76)61(8,84-56)82-23-19-42(80-9)30(3)55(83-34(7)69)32(5)50(71)31(4)49(28)70/h11-13,19,23-25,27-28,30-32,35-37,42,49-50,55,64,70-72,74-75H,14-18,20-22,26H2,1-10H3,(H,65,77)(H,78,79)/b12-11+,23-19+,29-13-,63-25-/t28-,30+,31+,32+,36?,42-,49-,50+,55+,61-/m0/s1. The Morgan fingerprint density at radius 2 is 1.60 bits per heavy atom. The summed E-state index contributed by atoms with van der Waals surface area (Å²) in [5.74, 6) is -10.9. The largest absolute Gasteiger partial charge is 0.507 e.